The lowest BCUT2D eigenvalue weighted by atomic mass is 9.91. The molecule has 0 atom stereocenters. The van der Waals surface area contributed by atoms with Crippen LogP contribution in [-0.4, -0.2) is 29.5 Å². The number of sulfonamides is 1. The monoisotopic (exact) mass is 369 g/mol. The third-order valence-corrected chi connectivity index (χ3v) is 6.65. The van der Waals surface area contributed by atoms with Crippen LogP contribution in [-0.2, 0) is 10.0 Å². The maximum Gasteiger partial charge on any atom is 0.271 e. The molecule has 0 spiro atoms. The number of nitrogens with zero attached hydrogens (tertiary/aromatic N) is 2. The molecule has 0 unspecified atom stereocenters. The molecule has 1 fully saturated rings. The van der Waals surface area contributed by atoms with Crippen molar-refractivity contribution < 1.29 is 13.2 Å². The van der Waals surface area contributed by atoms with Gasteiger partial charge in [0.25, 0.3) is 11.5 Å². The molecular formula is C15H19N3O4S2. The molecule has 1 aliphatic carbocycles. The third kappa shape index (κ3) is 3.51. The number of amides is 1. The zero-order chi connectivity index (χ0) is 17.3. The van der Waals surface area contributed by atoms with Crippen LogP contribution in [0.4, 0.5) is 0 Å². The zero-order valence-corrected chi connectivity index (χ0v) is 15.0. The van der Waals surface area contributed by atoms with E-state index in [9.17, 15) is 18.0 Å². The summed E-state index contributed by atoms with van der Waals surface area (Å²) in [6.45, 7) is 1.73. The van der Waals surface area contributed by atoms with E-state index in [0.717, 1.165) is 38.3 Å². The standard InChI is InChI=1S/C15H19N3O4S2/c1-10-8-23-15-16-7-12(14(20)18(10)15)13(19)17-24(21,22)9-11-5-3-2-4-6-11/h7-8,11H,2-6,9H2,1H3,(H,17,19). The van der Waals surface area contributed by atoms with E-state index in [2.05, 4.69) is 4.98 Å². The zero-order valence-electron chi connectivity index (χ0n) is 13.3. The van der Waals surface area contributed by atoms with Gasteiger partial charge in [0.15, 0.2) is 4.96 Å². The number of hydrogen-bond donors (Lipinski definition) is 1. The average Bonchev–Trinajstić information content (AvgIpc) is 2.89. The van der Waals surface area contributed by atoms with Gasteiger partial charge in [-0.2, -0.15) is 0 Å². The maximum absolute atomic E-state index is 12.4. The molecule has 2 heterocycles. The number of hydrogen-bond acceptors (Lipinski definition) is 6. The van der Waals surface area contributed by atoms with Crippen LogP contribution in [0.1, 0.15) is 48.2 Å². The van der Waals surface area contributed by atoms with E-state index in [1.165, 1.54) is 15.7 Å². The van der Waals surface area contributed by atoms with Gasteiger partial charge in [0, 0.05) is 17.3 Å². The van der Waals surface area contributed by atoms with Crippen LogP contribution in [0.15, 0.2) is 16.4 Å². The van der Waals surface area contributed by atoms with Gasteiger partial charge in [-0.05, 0) is 25.7 Å². The fourth-order valence-electron chi connectivity index (χ4n) is 3.08. The molecule has 7 nitrogen and oxygen atoms in total. The van der Waals surface area contributed by atoms with Crippen molar-refractivity contribution in [1.29, 1.82) is 0 Å². The molecule has 0 aromatic carbocycles. The summed E-state index contributed by atoms with van der Waals surface area (Å²) in [5.41, 5.74) is -0.155. The number of carbonyl (C=O) groups excluding carboxylic acids is 1. The van der Waals surface area contributed by atoms with Gasteiger partial charge in [-0.3, -0.25) is 14.0 Å². The second kappa shape index (κ2) is 6.64. The minimum atomic E-state index is -3.77. The average molecular weight is 369 g/mol. The van der Waals surface area contributed by atoms with E-state index >= 15 is 0 Å². The Balaban J connectivity index is 1.80. The highest BCUT2D eigenvalue weighted by molar-refractivity contribution is 7.90. The maximum atomic E-state index is 12.4. The summed E-state index contributed by atoms with van der Waals surface area (Å²) < 4.78 is 27.8. The van der Waals surface area contributed by atoms with Crippen molar-refractivity contribution >= 4 is 32.2 Å². The van der Waals surface area contributed by atoms with Crippen molar-refractivity contribution in [3.05, 3.63) is 33.2 Å². The van der Waals surface area contributed by atoms with Crippen molar-refractivity contribution in [3.8, 4) is 0 Å². The predicted octanol–water partition coefficient (Wildman–Crippen LogP) is 1.70. The van der Waals surface area contributed by atoms with E-state index in [-0.39, 0.29) is 17.2 Å². The molecule has 1 amide bonds. The van der Waals surface area contributed by atoms with Crippen LogP contribution < -0.4 is 10.3 Å². The smallest absolute Gasteiger partial charge is 0.268 e. The molecule has 0 radical (unpaired) electrons. The number of carbonyl (C=O) groups is 1. The molecule has 1 aliphatic rings. The van der Waals surface area contributed by atoms with E-state index in [1.54, 1.807) is 12.3 Å². The molecule has 9 heteroatoms. The summed E-state index contributed by atoms with van der Waals surface area (Å²) in [6.07, 6.45) is 6.03. The molecule has 0 saturated heterocycles. The summed E-state index contributed by atoms with van der Waals surface area (Å²) in [7, 11) is -3.77. The molecule has 1 saturated carbocycles. The number of rotatable bonds is 4. The van der Waals surface area contributed by atoms with Gasteiger partial charge in [0.2, 0.25) is 10.0 Å². The van der Waals surface area contributed by atoms with Crippen molar-refractivity contribution in [1.82, 2.24) is 14.1 Å². The number of nitrogens with one attached hydrogen (secondary N) is 1. The fourth-order valence-corrected chi connectivity index (χ4v) is 5.34. The van der Waals surface area contributed by atoms with Gasteiger partial charge in [0.1, 0.15) is 5.56 Å². The Morgan fingerprint density at radius 3 is 2.79 bits per heavy atom. The fraction of sp³-hybridized carbons (Fsp3) is 0.533. The van der Waals surface area contributed by atoms with Gasteiger partial charge in [-0.1, -0.05) is 19.3 Å². The SMILES string of the molecule is Cc1csc2ncc(C(=O)NS(=O)(=O)CC3CCCCC3)c(=O)n12. The van der Waals surface area contributed by atoms with Crippen LogP contribution in [0.2, 0.25) is 0 Å². The lowest BCUT2D eigenvalue weighted by Crippen LogP contribution is -2.38. The van der Waals surface area contributed by atoms with Crippen molar-refractivity contribution in [2.75, 3.05) is 5.75 Å². The van der Waals surface area contributed by atoms with E-state index in [0.29, 0.717) is 10.7 Å². The number of fused-ring (bicyclic) bond motifs is 1. The Labute approximate surface area is 143 Å². The topological polar surface area (TPSA) is 97.6 Å². The Morgan fingerprint density at radius 2 is 2.08 bits per heavy atom. The Bertz CT molecular complexity index is 924. The highest BCUT2D eigenvalue weighted by atomic mass is 32.2. The largest absolute Gasteiger partial charge is 0.271 e. The number of aromatic nitrogens is 2. The number of aryl methyl sites for hydroxylation is 1. The molecule has 0 bridgehead atoms. The van der Waals surface area contributed by atoms with Gasteiger partial charge in [-0.25, -0.2) is 18.1 Å². The molecule has 3 rings (SSSR count). The Kier molecular flexibility index (Phi) is 4.73. The first-order chi connectivity index (χ1) is 11.4. The van der Waals surface area contributed by atoms with Crippen LogP contribution in [0.3, 0.4) is 0 Å². The van der Waals surface area contributed by atoms with Crippen LogP contribution in [0, 0.1) is 12.8 Å². The molecule has 1 N–H and O–H groups in total. The molecule has 0 aliphatic heterocycles. The highest BCUT2D eigenvalue weighted by Gasteiger charge is 2.25. The van der Waals surface area contributed by atoms with E-state index in [1.807, 2.05) is 4.72 Å². The Hall–Kier alpha value is -1.74. The van der Waals surface area contributed by atoms with Gasteiger partial charge in [-0.15, -0.1) is 11.3 Å². The summed E-state index contributed by atoms with van der Waals surface area (Å²) in [5.74, 6) is -0.916. The van der Waals surface area contributed by atoms with Gasteiger partial charge in [0.05, 0.1) is 5.75 Å². The minimum absolute atomic E-state index is 0.0740. The van der Waals surface area contributed by atoms with Crippen molar-refractivity contribution in [2.45, 2.75) is 39.0 Å². The van der Waals surface area contributed by atoms with Crippen LogP contribution >= 0.6 is 11.3 Å². The first-order valence-electron chi connectivity index (χ1n) is 7.88. The van der Waals surface area contributed by atoms with Gasteiger partial charge >= 0.3 is 0 Å². The molecular weight excluding hydrogens is 350 g/mol. The first kappa shape index (κ1) is 17.1. The summed E-state index contributed by atoms with van der Waals surface area (Å²) >= 11 is 1.29. The van der Waals surface area contributed by atoms with E-state index < -0.39 is 21.5 Å². The van der Waals surface area contributed by atoms with Crippen LogP contribution in [0.5, 0.6) is 0 Å². The summed E-state index contributed by atoms with van der Waals surface area (Å²) in [4.78, 5) is 29.2. The summed E-state index contributed by atoms with van der Waals surface area (Å²) in [6, 6.07) is 0. The minimum Gasteiger partial charge on any atom is -0.268 e. The lowest BCUT2D eigenvalue weighted by molar-refractivity contribution is 0.0979. The van der Waals surface area contributed by atoms with Crippen molar-refractivity contribution in [2.24, 2.45) is 5.92 Å². The molecule has 2 aromatic heterocycles. The highest BCUT2D eigenvalue weighted by Crippen LogP contribution is 2.24. The summed E-state index contributed by atoms with van der Waals surface area (Å²) in [5, 5.41) is 1.76. The first-order valence-corrected chi connectivity index (χ1v) is 10.4. The second-order valence-electron chi connectivity index (χ2n) is 6.19. The molecule has 24 heavy (non-hydrogen) atoms. The van der Waals surface area contributed by atoms with E-state index in [4.69, 9.17) is 0 Å². The molecule has 2 aromatic rings. The second-order valence-corrected chi connectivity index (χ2v) is 8.79. The third-order valence-electron chi connectivity index (χ3n) is 4.29. The lowest BCUT2D eigenvalue weighted by Gasteiger charge is -2.21. The molecule has 130 valence electrons. The van der Waals surface area contributed by atoms with Crippen LogP contribution in [0.25, 0.3) is 4.96 Å². The normalized spacial score (nSPS) is 16.4. The predicted molar refractivity (Wildman–Crippen MR) is 91.9 cm³/mol. The quantitative estimate of drug-likeness (QED) is 0.885. The van der Waals surface area contributed by atoms with Crippen molar-refractivity contribution in [3.63, 3.8) is 0 Å². The van der Waals surface area contributed by atoms with Gasteiger partial charge < -0.3 is 0 Å². The Morgan fingerprint density at radius 1 is 1.38 bits per heavy atom. The number of thiazole rings is 1.